The molecule has 12 nitrogen and oxygen atoms in total. The van der Waals surface area contributed by atoms with Gasteiger partial charge >= 0.3 is 0 Å². The van der Waals surface area contributed by atoms with E-state index in [1.165, 1.54) is 13.3 Å². The van der Waals surface area contributed by atoms with Crippen LogP contribution in [0.3, 0.4) is 0 Å². The topological polar surface area (TPSA) is 146 Å². The lowest BCUT2D eigenvalue weighted by molar-refractivity contribution is -0.118. The number of nitrogens with one attached hydrogen (secondary N) is 4. The van der Waals surface area contributed by atoms with E-state index in [-0.39, 0.29) is 5.95 Å². The molecule has 4 aromatic rings. The van der Waals surface area contributed by atoms with Crippen molar-refractivity contribution in [3.05, 3.63) is 47.3 Å². The minimum absolute atomic E-state index is 0.161. The van der Waals surface area contributed by atoms with Gasteiger partial charge in [-0.15, -0.1) is 0 Å². The SMILES string of the molecule is CNCCN(C)c1cc(OC)c(Nc2ncc(Br)c(Nc3ccc4nccnc4c3P(C)(C)=O)n2)cc1NC(=O)CC(F)F. The standard InChI is InChI=1S/C28H33BrF2N9O3P/c1-32-10-11-40(2)21-13-22(43-3)20(12-19(21)36-24(41)14-23(30)31)38-28-35-15-16(29)27(39-28)37-18-7-6-17-25(34-9-8-33-17)26(18)44(4,5)42/h6-9,12-13,15,23,32H,10-11,14H2,1-5H3,(H,36,41)(H2,35,37,38,39). The van der Waals surface area contributed by atoms with Crippen LogP contribution in [0, 0.1) is 0 Å². The molecule has 2 aromatic heterocycles. The first-order valence-corrected chi connectivity index (χ1v) is 16.8. The predicted octanol–water partition coefficient (Wildman–Crippen LogP) is 5.18. The molecule has 234 valence electrons. The highest BCUT2D eigenvalue weighted by molar-refractivity contribution is 9.10. The molecule has 0 saturated heterocycles. The average Bonchev–Trinajstić information content (AvgIpc) is 2.96. The van der Waals surface area contributed by atoms with Gasteiger partial charge in [0.05, 0.1) is 51.6 Å². The summed E-state index contributed by atoms with van der Waals surface area (Å²) in [6.45, 7) is 4.53. The van der Waals surface area contributed by atoms with E-state index in [0.717, 1.165) is 0 Å². The summed E-state index contributed by atoms with van der Waals surface area (Å²) >= 11 is 3.47. The Bertz CT molecular complexity index is 1710. The van der Waals surface area contributed by atoms with E-state index in [1.807, 2.05) is 19.0 Å². The number of fused-ring (bicyclic) bond motifs is 1. The third-order valence-corrected chi connectivity index (χ3v) is 8.55. The van der Waals surface area contributed by atoms with Crippen molar-refractivity contribution in [3.8, 4) is 5.75 Å². The molecule has 0 unspecified atom stereocenters. The molecule has 0 spiro atoms. The molecule has 0 aliphatic heterocycles. The molecule has 2 aromatic carbocycles. The third kappa shape index (κ3) is 7.96. The summed E-state index contributed by atoms with van der Waals surface area (Å²) < 4.78 is 45.4. The van der Waals surface area contributed by atoms with Gasteiger partial charge in [-0.05, 0) is 54.5 Å². The zero-order valence-corrected chi connectivity index (χ0v) is 27.3. The monoisotopic (exact) mass is 691 g/mol. The Kier molecular flexibility index (Phi) is 10.7. The number of anilines is 6. The van der Waals surface area contributed by atoms with Crippen LogP contribution in [-0.4, -0.2) is 79.9 Å². The largest absolute Gasteiger partial charge is 0.494 e. The van der Waals surface area contributed by atoms with Crippen molar-refractivity contribution >= 4 is 79.8 Å². The van der Waals surface area contributed by atoms with E-state index >= 15 is 0 Å². The Morgan fingerprint density at radius 1 is 1.09 bits per heavy atom. The number of alkyl halides is 2. The maximum absolute atomic E-state index is 13.3. The van der Waals surface area contributed by atoms with Gasteiger partial charge in [-0.2, -0.15) is 4.98 Å². The number of methoxy groups -OCH3 is 1. The summed E-state index contributed by atoms with van der Waals surface area (Å²) in [6.07, 6.45) is 0.931. The van der Waals surface area contributed by atoms with Crippen molar-refractivity contribution in [2.45, 2.75) is 12.8 Å². The highest BCUT2D eigenvalue weighted by atomic mass is 79.9. The Morgan fingerprint density at radius 3 is 2.52 bits per heavy atom. The number of halogens is 3. The Balaban J connectivity index is 1.72. The van der Waals surface area contributed by atoms with Crippen molar-refractivity contribution in [1.82, 2.24) is 25.3 Å². The van der Waals surface area contributed by atoms with E-state index in [1.54, 1.807) is 50.0 Å². The van der Waals surface area contributed by atoms with Crippen LogP contribution in [0.5, 0.6) is 5.75 Å². The van der Waals surface area contributed by atoms with Gasteiger partial charge in [0, 0.05) is 44.8 Å². The van der Waals surface area contributed by atoms with Gasteiger partial charge in [0.15, 0.2) is 0 Å². The number of carbonyl (C=O) groups excluding carboxylic acids is 1. The lowest BCUT2D eigenvalue weighted by atomic mass is 10.2. The maximum Gasteiger partial charge on any atom is 0.247 e. The van der Waals surface area contributed by atoms with Gasteiger partial charge in [0.25, 0.3) is 0 Å². The molecule has 0 bridgehead atoms. The Labute approximate surface area is 261 Å². The molecule has 0 saturated carbocycles. The van der Waals surface area contributed by atoms with E-state index in [9.17, 15) is 18.1 Å². The summed E-state index contributed by atoms with van der Waals surface area (Å²) in [5.74, 6) is 0.102. The average molecular weight is 693 g/mol. The molecule has 4 rings (SSSR count). The van der Waals surface area contributed by atoms with Gasteiger partial charge in [-0.1, -0.05) is 0 Å². The summed E-state index contributed by atoms with van der Waals surface area (Å²) in [5.41, 5.74) is 2.95. The zero-order valence-electron chi connectivity index (χ0n) is 24.8. The van der Waals surface area contributed by atoms with Crippen LogP contribution in [0.1, 0.15) is 6.42 Å². The Morgan fingerprint density at radius 2 is 1.84 bits per heavy atom. The molecule has 2 heterocycles. The molecule has 0 aliphatic carbocycles. The third-order valence-electron chi connectivity index (χ3n) is 6.44. The summed E-state index contributed by atoms with van der Waals surface area (Å²) in [7, 11) is 2.29. The second kappa shape index (κ2) is 14.2. The minimum Gasteiger partial charge on any atom is -0.494 e. The van der Waals surface area contributed by atoms with Gasteiger partial charge < -0.3 is 35.5 Å². The highest BCUT2D eigenvalue weighted by Crippen LogP contribution is 2.42. The number of likely N-dealkylation sites (N-methyl/N-ethyl adjacent to an activating group) is 2. The first kappa shape index (κ1) is 33.0. The van der Waals surface area contributed by atoms with Crippen molar-refractivity contribution in [2.75, 3.05) is 68.5 Å². The molecule has 0 atom stereocenters. The van der Waals surface area contributed by atoms with Crippen molar-refractivity contribution in [3.63, 3.8) is 0 Å². The van der Waals surface area contributed by atoms with Gasteiger partial charge in [0.2, 0.25) is 18.3 Å². The molecule has 44 heavy (non-hydrogen) atoms. The number of benzene rings is 2. The molecule has 1 amide bonds. The van der Waals surface area contributed by atoms with Gasteiger partial charge in [-0.3, -0.25) is 14.8 Å². The fourth-order valence-corrected chi connectivity index (χ4v) is 6.11. The quantitative estimate of drug-likeness (QED) is 0.138. The molecule has 4 N–H and O–H groups in total. The molecular weight excluding hydrogens is 659 g/mol. The number of carbonyl (C=O) groups is 1. The van der Waals surface area contributed by atoms with E-state index in [2.05, 4.69) is 57.1 Å². The van der Waals surface area contributed by atoms with Gasteiger partial charge in [-0.25, -0.2) is 13.8 Å². The van der Waals surface area contributed by atoms with Crippen LogP contribution in [-0.2, 0) is 9.36 Å². The van der Waals surface area contributed by atoms with E-state index < -0.39 is 25.9 Å². The molecule has 16 heteroatoms. The second-order valence-corrected chi connectivity index (χ2v) is 14.1. The first-order chi connectivity index (χ1) is 20.9. The molecule has 0 radical (unpaired) electrons. The smallest absolute Gasteiger partial charge is 0.247 e. The van der Waals surface area contributed by atoms with Crippen LogP contribution in [0.4, 0.5) is 43.3 Å². The lowest BCUT2D eigenvalue weighted by Crippen LogP contribution is -2.28. The number of hydrogen-bond donors (Lipinski definition) is 4. The van der Waals surface area contributed by atoms with Crippen LogP contribution >= 0.6 is 23.1 Å². The van der Waals surface area contributed by atoms with Crippen LogP contribution in [0.2, 0.25) is 0 Å². The lowest BCUT2D eigenvalue weighted by Gasteiger charge is -2.25. The fourth-order valence-electron chi connectivity index (χ4n) is 4.42. The molecule has 0 fully saturated rings. The maximum atomic E-state index is 13.3. The van der Waals surface area contributed by atoms with Crippen LogP contribution < -0.4 is 36.2 Å². The second-order valence-electron chi connectivity index (χ2n) is 10.1. The van der Waals surface area contributed by atoms with Crippen molar-refractivity contribution in [1.29, 1.82) is 0 Å². The van der Waals surface area contributed by atoms with Crippen molar-refractivity contribution < 1.29 is 22.9 Å². The number of amides is 1. The zero-order chi connectivity index (χ0) is 32.0. The summed E-state index contributed by atoms with van der Waals surface area (Å²) in [6, 6.07) is 6.82. The molecule has 0 aliphatic rings. The van der Waals surface area contributed by atoms with E-state index in [4.69, 9.17) is 4.74 Å². The Hall–Kier alpha value is -3.94. The van der Waals surface area contributed by atoms with Gasteiger partial charge in [0.1, 0.15) is 24.2 Å². The summed E-state index contributed by atoms with van der Waals surface area (Å²) in [4.78, 5) is 31.9. The highest BCUT2D eigenvalue weighted by Gasteiger charge is 2.23. The number of ether oxygens (including phenoxy) is 1. The normalized spacial score (nSPS) is 11.5. The van der Waals surface area contributed by atoms with Crippen LogP contribution in [0.25, 0.3) is 11.0 Å². The molecular formula is C28H33BrF2N9O3P. The predicted molar refractivity (Wildman–Crippen MR) is 174 cm³/mol. The first-order valence-electron chi connectivity index (χ1n) is 13.4. The van der Waals surface area contributed by atoms with Crippen LogP contribution in [0.15, 0.2) is 47.3 Å². The van der Waals surface area contributed by atoms with E-state index in [0.29, 0.717) is 68.2 Å². The number of aromatic nitrogens is 4. The number of hydrogen-bond acceptors (Lipinski definition) is 11. The minimum atomic E-state index is -2.82. The summed E-state index contributed by atoms with van der Waals surface area (Å²) in [5, 5.41) is 12.5. The van der Waals surface area contributed by atoms with Crippen molar-refractivity contribution in [2.24, 2.45) is 0 Å². The fraction of sp³-hybridized carbons (Fsp3) is 0.321. The number of rotatable bonds is 13. The number of nitrogens with zero attached hydrogens (tertiary/aromatic N) is 5.